The Labute approximate surface area is 97.1 Å². The fourth-order valence-electron chi connectivity index (χ4n) is 2.58. The summed E-state index contributed by atoms with van der Waals surface area (Å²) in [5.41, 5.74) is 0.0244. The predicted octanol–water partition coefficient (Wildman–Crippen LogP) is 2.96. The van der Waals surface area contributed by atoms with Crippen LogP contribution in [0, 0.1) is 5.92 Å². The van der Waals surface area contributed by atoms with Crippen molar-refractivity contribution >= 4 is 0 Å². The second-order valence-electron chi connectivity index (χ2n) is 5.14. The molecule has 1 N–H and O–H groups in total. The molecule has 2 atom stereocenters. The lowest BCUT2D eigenvalue weighted by atomic mass is 9.88. The second kappa shape index (κ2) is 4.96. The van der Waals surface area contributed by atoms with Crippen LogP contribution in [0.5, 0.6) is 0 Å². The van der Waals surface area contributed by atoms with E-state index in [0.29, 0.717) is 18.8 Å². The normalized spacial score (nSPS) is 24.2. The lowest BCUT2D eigenvalue weighted by molar-refractivity contribution is 0.149. The number of rotatable bonds is 4. The summed E-state index contributed by atoms with van der Waals surface area (Å²) in [7, 11) is 0. The Morgan fingerprint density at radius 1 is 1.38 bits per heavy atom. The van der Waals surface area contributed by atoms with Crippen molar-refractivity contribution in [3.8, 4) is 0 Å². The van der Waals surface area contributed by atoms with Gasteiger partial charge in [0.25, 0.3) is 0 Å². The van der Waals surface area contributed by atoms with Crippen LogP contribution >= 0.6 is 0 Å². The van der Waals surface area contributed by atoms with Crippen LogP contribution in [-0.4, -0.2) is 18.8 Å². The summed E-state index contributed by atoms with van der Waals surface area (Å²) < 4.78 is 14.4. The van der Waals surface area contributed by atoms with Crippen LogP contribution in [0.3, 0.4) is 0 Å². The topological polar surface area (TPSA) is 12.0 Å². The minimum Gasteiger partial charge on any atom is -0.316 e. The minimum absolute atomic E-state index is 0.513. The molecule has 1 aliphatic rings. The Morgan fingerprint density at radius 2 is 2.12 bits per heavy atom. The van der Waals surface area contributed by atoms with Gasteiger partial charge in [-0.25, -0.2) is 4.39 Å². The van der Waals surface area contributed by atoms with Gasteiger partial charge in [0.2, 0.25) is 0 Å². The quantitative estimate of drug-likeness (QED) is 0.824. The third-order valence-electron chi connectivity index (χ3n) is 3.29. The fraction of sp³-hybridized carbons (Fsp3) is 0.571. The maximum absolute atomic E-state index is 14.4. The van der Waals surface area contributed by atoms with Gasteiger partial charge in [-0.2, -0.15) is 0 Å². The SMILES string of the molecule is CC(F)(Cc1ccccc1)CC1CCNC1. The molecule has 1 aromatic carbocycles. The molecule has 0 bridgehead atoms. The third kappa shape index (κ3) is 3.31. The van der Waals surface area contributed by atoms with Gasteiger partial charge in [0.05, 0.1) is 0 Å². The summed E-state index contributed by atoms with van der Waals surface area (Å²) in [5, 5.41) is 3.29. The molecular formula is C14H20FN. The molecule has 0 saturated carbocycles. The van der Waals surface area contributed by atoms with Crippen LogP contribution in [0.4, 0.5) is 4.39 Å². The van der Waals surface area contributed by atoms with E-state index < -0.39 is 5.67 Å². The van der Waals surface area contributed by atoms with Crippen LogP contribution in [0.25, 0.3) is 0 Å². The molecule has 88 valence electrons. The first-order valence-corrected chi connectivity index (χ1v) is 6.09. The first kappa shape index (κ1) is 11.6. The number of halogens is 1. The zero-order chi connectivity index (χ0) is 11.4. The van der Waals surface area contributed by atoms with E-state index in [-0.39, 0.29) is 0 Å². The summed E-state index contributed by atoms with van der Waals surface area (Å²) in [6.07, 6.45) is 2.33. The molecule has 1 fully saturated rings. The number of hydrogen-bond donors (Lipinski definition) is 1. The van der Waals surface area contributed by atoms with Crippen LogP contribution in [0.15, 0.2) is 30.3 Å². The van der Waals surface area contributed by atoms with Crippen LogP contribution in [0.2, 0.25) is 0 Å². The van der Waals surface area contributed by atoms with Crippen LogP contribution in [0.1, 0.15) is 25.3 Å². The molecule has 1 heterocycles. The molecule has 2 heteroatoms. The van der Waals surface area contributed by atoms with Crippen molar-refractivity contribution in [3.05, 3.63) is 35.9 Å². The summed E-state index contributed by atoms with van der Waals surface area (Å²) in [4.78, 5) is 0. The molecule has 1 aliphatic heterocycles. The summed E-state index contributed by atoms with van der Waals surface area (Å²) in [6.45, 7) is 3.76. The lowest BCUT2D eigenvalue weighted by Gasteiger charge is -2.23. The van der Waals surface area contributed by atoms with Gasteiger partial charge in [-0.3, -0.25) is 0 Å². The van der Waals surface area contributed by atoms with Crippen molar-refractivity contribution in [1.82, 2.24) is 5.32 Å². The van der Waals surface area contributed by atoms with Gasteiger partial charge in [0.15, 0.2) is 0 Å². The maximum Gasteiger partial charge on any atom is 0.112 e. The van der Waals surface area contributed by atoms with E-state index in [1.807, 2.05) is 30.3 Å². The van der Waals surface area contributed by atoms with Crippen molar-refractivity contribution in [1.29, 1.82) is 0 Å². The monoisotopic (exact) mass is 221 g/mol. The molecule has 0 spiro atoms. The van der Waals surface area contributed by atoms with E-state index in [0.717, 1.165) is 25.1 Å². The summed E-state index contributed by atoms with van der Waals surface area (Å²) >= 11 is 0. The molecule has 1 saturated heterocycles. The highest BCUT2D eigenvalue weighted by Crippen LogP contribution is 2.28. The van der Waals surface area contributed by atoms with Gasteiger partial charge < -0.3 is 5.32 Å². The van der Waals surface area contributed by atoms with Crippen LogP contribution < -0.4 is 5.32 Å². The second-order valence-corrected chi connectivity index (χ2v) is 5.14. The largest absolute Gasteiger partial charge is 0.316 e. The number of benzene rings is 1. The highest BCUT2D eigenvalue weighted by molar-refractivity contribution is 5.16. The highest BCUT2D eigenvalue weighted by Gasteiger charge is 2.29. The number of alkyl halides is 1. The van der Waals surface area contributed by atoms with E-state index in [2.05, 4.69) is 5.32 Å². The standard InChI is InChI=1S/C14H20FN/c1-14(15,10-13-7-8-16-11-13)9-12-5-3-2-4-6-12/h2-6,13,16H,7-11H2,1H3. The summed E-state index contributed by atoms with van der Waals surface area (Å²) in [5.74, 6) is 0.513. The van der Waals surface area contributed by atoms with Gasteiger partial charge in [0, 0.05) is 6.42 Å². The fourth-order valence-corrected chi connectivity index (χ4v) is 2.58. The Hall–Kier alpha value is -0.890. The first-order chi connectivity index (χ1) is 7.66. The summed E-state index contributed by atoms with van der Waals surface area (Å²) in [6, 6.07) is 9.93. The van der Waals surface area contributed by atoms with Crippen molar-refractivity contribution in [2.45, 2.75) is 31.9 Å². The minimum atomic E-state index is -1.07. The average molecular weight is 221 g/mol. The molecule has 1 nitrogen and oxygen atoms in total. The zero-order valence-electron chi connectivity index (χ0n) is 9.88. The molecule has 0 aliphatic carbocycles. The molecule has 2 unspecified atom stereocenters. The predicted molar refractivity (Wildman–Crippen MR) is 65.3 cm³/mol. The molecule has 16 heavy (non-hydrogen) atoms. The molecule has 2 rings (SSSR count). The van der Waals surface area contributed by atoms with Gasteiger partial charge in [-0.05, 0) is 44.3 Å². The first-order valence-electron chi connectivity index (χ1n) is 6.09. The highest BCUT2D eigenvalue weighted by atomic mass is 19.1. The molecular weight excluding hydrogens is 201 g/mol. The van der Waals surface area contributed by atoms with E-state index in [1.165, 1.54) is 0 Å². The maximum atomic E-state index is 14.4. The van der Waals surface area contributed by atoms with E-state index in [4.69, 9.17) is 0 Å². The Morgan fingerprint density at radius 3 is 2.75 bits per heavy atom. The van der Waals surface area contributed by atoms with E-state index in [9.17, 15) is 4.39 Å². The Balaban J connectivity index is 1.91. The van der Waals surface area contributed by atoms with Gasteiger partial charge >= 0.3 is 0 Å². The number of nitrogens with one attached hydrogen (secondary N) is 1. The van der Waals surface area contributed by atoms with Gasteiger partial charge in [-0.15, -0.1) is 0 Å². The zero-order valence-corrected chi connectivity index (χ0v) is 9.88. The molecule has 0 aromatic heterocycles. The lowest BCUT2D eigenvalue weighted by Crippen LogP contribution is -2.26. The van der Waals surface area contributed by atoms with Crippen LogP contribution in [-0.2, 0) is 6.42 Å². The van der Waals surface area contributed by atoms with Gasteiger partial charge in [-0.1, -0.05) is 30.3 Å². The smallest absolute Gasteiger partial charge is 0.112 e. The van der Waals surface area contributed by atoms with Crippen molar-refractivity contribution < 1.29 is 4.39 Å². The van der Waals surface area contributed by atoms with Crippen molar-refractivity contribution in [2.24, 2.45) is 5.92 Å². The van der Waals surface area contributed by atoms with Crippen molar-refractivity contribution in [3.63, 3.8) is 0 Å². The molecule has 0 radical (unpaired) electrons. The molecule has 1 aromatic rings. The molecule has 0 amide bonds. The Bertz CT molecular complexity index is 315. The average Bonchev–Trinajstić information content (AvgIpc) is 2.70. The number of hydrogen-bond acceptors (Lipinski definition) is 1. The Kier molecular flexibility index (Phi) is 3.59. The van der Waals surface area contributed by atoms with E-state index >= 15 is 0 Å². The third-order valence-corrected chi connectivity index (χ3v) is 3.29. The van der Waals surface area contributed by atoms with Gasteiger partial charge in [0.1, 0.15) is 5.67 Å². The van der Waals surface area contributed by atoms with Crippen molar-refractivity contribution in [2.75, 3.05) is 13.1 Å². The van der Waals surface area contributed by atoms with E-state index in [1.54, 1.807) is 6.92 Å².